The van der Waals surface area contributed by atoms with Gasteiger partial charge in [-0.1, -0.05) is 0 Å². The van der Waals surface area contributed by atoms with Gasteiger partial charge in [0.2, 0.25) is 0 Å². The van der Waals surface area contributed by atoms with Crippen molar-refractivity contribution >= 4 is 16.8 Å². The third-order valence-electron chi connectivity index (χ3n) is 3.81. The maximum Gasteiger partial charge on any atom is 0.158 e. The number of benzene rings is 2. The summed E-state index contributed by atoms with van der Waals surface area (Å²) in [4.78, 5) is 9.24. The number of anilines is 1. The Kier molecular flexibility index (Phi) is 3.84. The van der Waals surface area contributed by atoms with Gasteiger partial charge in [-0.2, -0.15) is 0 Å². The van der Waals surface area contributed by atoms with E-state index in [1.54, 1.807) is 0 Å². The van der Waals surface area contributed by atoms with Crippen LogP contribution >= 0.6 is 0 Å². The van der Waals surface area contributed by atoms with Crippen molar-refractivity contribution in [2.45, 2.75) is 27.7 Å². The van der Waals surface area contributed by atoms with E-state index in [-0.39, 0.29) is 0 Å². The normalized spacial score (nSPS) is 12.3. The molecule has 0 unspecified atom stereocenters. The number of hydrogen-bond donors (Lipinski definition) is 1. The Balaban J connectivity index is 2.31. The smallest absolute Gasteiger partial charge is 0.158 e. The molecule has 1 aliphatic heterocycles. The van der Waals surface area contributed by atoms with Crippen LogP contribution in [-0.2, 0) is 0 Å². The Bertz CT molecular complexity index is 864. The maximum atomic E-state index is 6.14. The van der Waals surface area contributed by atoms with Crippen molar-refractivity contribution < 1.29 is 4.42 Å². The van der Waals surface area contributed by atoms with Gasteiger partial charge in [0.15, 0.2) is 11.3 Å². The van der Waals surface area contributed by atoms with Crippen LogP contribution in [0, 0.1) is 13.8 Å². The molecule has 1 N–H and O–H groups in total. The van der Waals surface area contributed by atoms with E-state index in [2.05, 4.69) is 37.1 Å². The highest BCUT2D eigenvalue weighted by molar-refractivity contribution is 5.84. The Hall–Kier alpha value is -2.36. The molecule has 0 radical (unpaired) electrons. The molecule has 4 heteroatoms. The van der Waals surface area contributed by atoms with Gasteiger partial charge >= 0.3 is 0 Å². The van der Waals surface area contributed by atoms with E-state index < -0.39 is 0 Å². The average Bonchev–Trinajstić information content (AvgIpc) is 2.50. The van der Waals surface area contributed by atoms with Crippen LogP contribution in [0.15, 0.2) is 33.7 Å². The zero-order valence-corrected chi connectivity index (χ0v) is 13.5. The lowest BCUT2D eigenvalue weighted by molar-refractivity contribution is 0.609. The van der Waals surface area contributed by atoms with E-state index in [4.69, 9.17) is 9.40 Å². The molecule has 1 heterocycles. The number of nitrogens with zero attached hydrogens (tertiary/aromatic N) is 2. The number of hydrogen-bond acceptors (Lipinski definition) is 4. The van der Waals surface area contributed by atoms with Crippen LogP contribution in [0.1, 0.15) is 25.0 Å². The van der Waals surface area contributed by atoms with Gasteiger partial charge in [-0.3, -0.25) is 4.99 Å². The number of aryl methyl sites for hydroxylation is 2. The molecule has 0 bridgehead atoms. The summed E-state index contributed by atoms with van der Waals surface area (Å²) in [5.41, 5.74) is 5.88. The van der Waals surface area contributed by atoms with E-state index in [0.717, 1.165) is 57.8 Å². The lowest BCUT2D eigenvalue weighted by Crippen LogP contribution is -2.09. The molecule has 1 aromatic rings. The number of nitrogens with one attached hydrogen (secondary N) is 1. The molecule has 114 valence electrons. The zero-order valence-electron chi connectivity index (χ0n) is 13.5. The first-order valence-electron chi connectivity index (χ1n) is 7.73. The maximum absolute atomic E-state index is 6.14. The Labute approximate surface area is 130 Å². The minimum atomic E-state index is 0.761. The summed E-state index contributed by atoms with van der Waals surface area (Å²) in [6.07, 6.45) is 0. The van der Waals surface area contributed by atoms with Crippen LogP contribution in [-0.4, -0.2) is 18.1 Å². The molecular weight excluding hydrogens is 274 g/mol. The highest BCUT2D eigenvalue weighted by Gasteiger charge is 2.13. The number of fused-ring (bicyclic) bond motifs is 2. The van der Waals surface area contributed by atoms with Crippen LogP contribution in [0.5, 0.6) is 0 Å². The minimum absolute atomic E-state index is 0.761. The fourth-order valence-corrected chi connectivity index (χ4v) is 2.69. The van der Waals surface area contributed by atoms with Crippen LogP contribution < -0.4 is 10.7 Å². The molecule has 0 atom stereocenters. The van der Waals surface area contributed by atoms with Gasteiger partial charge in [-0.05, 0) is 51.5 Å². The fourth-order valence-electron chi connectivity index (χ4n) is 2.69. The summed E-state index contributed by atoms with van der Waals surface area (Å²) in [7, 11) is 0. The molecule has 0 aromatic heterocycles. The monoisotopic (exact) mass is 295 g/mol. The molecule has 0 saturated carbocycles. The lowest BCUT2D eigenvalue weighted by atomic mass is 10.1. The van der Waals surface area contributed by atoms with Gasteiger partial charge in [0.05, 0.1) is 5.36 Å². The molecule has 3 rings (SSSR count). The second-order valence-electron chi connectivity index (χ2n) is 5.41. The SMILES string of the molecule is CCN=c1cc2oc3c(C)c(NCC)ccc3nc-2cc1C. The van der Waals surface area contributed by atoms with Crippen LogP contribution in [0.25, 0.3) is 22.6 Å². The van der Waals surface area contributed by atoms with Crippen molar-refractivity contribution in [3.8, 4) is 11.5 Å². The quantitative estimate of drug-likeness (QED) is 0.745. The zero-order chi connectivity index (χ0) is 15.7. The van der Waals surface area contributed by atoms with Crippen molar-refractivity contribution in [3.05, 3.63) is 40.7 Å². The van der Waals surface area contributed by atoms with Gasteiger partial charge in [-0.15, -0.1) is 0 Å². The van der Waals surface area contributed by atoms with E-state index in [9.17, 15) is 0 Å². The predicted molar refractivity (Wildman–Crippen MR) is 90.4 cm³/mol. The van der Waals surface area contributed by atoms with Crippen molar-refractivity contribution in [1.29, 1.82) is 0 Å². The number of aromatic nitrogens is 1. The van der Waals surface area contributed by atoms with Crippen molar-refractivity contribution in [2.24, 2.45) is 4.99 Å². The van der Waals surface area contributed by atoms with Gasteiger partial charge < -0.3 is 9.73 Å². The largest absolute Gasteiger partial charge is 0.452 e. The van der Waals surface area contributed by atoms with Crippen molar-refractivity contribution in [2.75, 3.05) is 18.4 Å². The summed E-state index contributed by atoms with van der Waals surface area (Å²) < 4.78 is 6.14. The third kappa shape index (κ3) is 2.45. The topological polar surface area (TPSA) is 50.4 Å². The molecule has 22 heavy (non-hydrogen) atoms. The van der Waals surface area contributed by atoms with E-state index in [1.165, 1.54) is 0 Å². The molecule has 0 saturated heterocycles. The summed E-state index contributed by atoms with van der Waals surface area (Å²) in [6, 6.07) is 8.09. The first-order chi connectivity index (χ1) is 10.6. The lowest BCUT2D eigenvalue weighted by Gasteiger charge is -2.12. The van der Waals surface area contributed by atoms with E-state index in [0.29, 0.717) is 0 Å². The van der Waals surface area contributed by atoms with Gasteiger partial charge in [-0.25, -0.2) is 4.98 Å². The first-order valence-corrected chi connectivity index (χ1v) is 7.73. The Morgan fingerprint density at radius 1 is 1.18 bits per heavy atom. The van der Waals surface area contributed by atoms with Crippen LogP contribution in [0.3, 0.4) is 0 Å². The molecule has 4 nitrogen and oxygen atoms in total. The second-order valence-corrected chi connectivity index (χ2v) is 5.41. The van der Waals surface area contributed by atoms with Crippen molar-refractivity contribution in [1.82, 2.24) is 4.98 Å². The van der Waals surface area contributed by atoms with Crippen molar-refractivity contribution in [3.63, 3.8) is 0 Å². The summed E-state index contributed by atoms with van der Waals surface area (Å²) in [6.45, 7) is 9.87. The minimum Gasteiger partial charge on any atom is -0.452 e. The summed E-state index contributed by atoms with van der Waals surface area (Å²) in [5, 5.41) is 4.32. The van der Waals surface area contributed by atoms with E-state index >= 15 is 0 Å². The summed E-state index contributed by atoms with van der Waals surface area (Å²) >= 11 is 0. The summed E-state index contributed by atoms with van der Waals surface area (Å²) in [5.74, 6) is 0.780. The average molecular weight is 295 g/mol. The standard InChI is InChI=1S/C18H21N3O/c1-5-19-13-7-8-14-18(12(13)4)22-17-10-15(20-6-2)11(3)9-16(17)21-14/h7-10,19H,5-6H2,1-4H3. The Morgan fingerprint density at radius 2 is 2.00 bits per heavy atom. The molecule has 0 amide bonds. The molecule has 1 aliphatic carbocycles. The molecule has 1 aromatic carbocycles. The van der Waals surface area contributed by atoms with Crippen LogP contribution in [0.2, 0.25) is 0 Å². The highest BCUT2D eigenvalue weighted by Crippen LogP contribution is 2.29. The van der Waals surface area contributed by atoms with Gasteiger partial charge in [0.25, 0.3) is 0 Å². The van der Waals surface area contributed by atoms with Gasteiger partial charge in [0.1, 0.15) is 11.2 Å². The Morgan fingerprint density at radius 3 is 2.73 bits per heavy atom. The fraction of sp³-hybridized carbons (Fsp3) is 0.333. The molecule has 0 fully saturated rings. The highest BCUT2D eigenvalue weighted by atomic mass is 16.3. The molecular formula is C18H21N3O. The molecule has 0 spiro atoms. The molecule has 2 aliphatic rings. The van der Waals surface area contributed by atoms with E-state index in [1.807, 2.05) is 25.1 Å². The first kappa shape index (κ1) is 14.6. The van der Waals surface area contributed by atoms with Gasteiger partial charge in [0, 0.05) is 30.4 Å². The predicted octanol–water partition coefficient (Wildman–Crippen LogP) is 3.90. The number of rotatable bonds is 3. The second kappa shape index (κ2) is 5.79. The third-order valence-corrected chi connectivity index (χ3v) is 3.81. The van der Waals surface area contributed by atoms with Crippen LogP contribution in [0.4, 0.5) is 5.69 Å².